The highest BCUT2D eigenvalue weighted by atomic mass is 35.5. The van der Waals surface area contributed by atoms with Crippen LogP contribution in [0.5, 0.6) is 0 Å². The van der Waals surface area contributed by atoms with E-state index in [1.54, 1.807) is 0 Å². The zero-order chi connectivity index (χ0) is 9.11. The maximum Gasteiger partial charge on any atom is 0.300 e. The lowest BCUT2D eigenvalue weighted by Gasteiger charge is -1.94. The molecule has 0 amide bonds. The highest BCUT2D eigenvalue weighted by Crippen LogP contribution is 1.75. The number of carboxylic acids is 1. The first-order valence-electron chi connectivity index (χ1n) is 3.09. The lowest BCUT2D eigenvalue weighted by molar-refractivity contribution is -0.134. The van der Waals surface area contributed by atoms with Gasteiger partial charge in [-0.1, -0.05) is 0 Å². The maximum atomic E-state index is 9.00. The van der Waals surface area contributed by atoms with Crippen LogP contribution in [-0.4, -0.2) is 41.9 Å². The van der Waals surface area contributed by atoms with Crippen LogP contribution in [0, 0.1) is 0 Å². The summed E-state index contributed by atoms with van der Waals surface area (Å²) in [4.78, 5) is 9.00. The quantitative estimate of drug-likeness (QED) is 0.488. The Bertz CT molecular complexity index is 78.7. The first-order valence-corrected chi connectivity index (χ1v) is 3.62. The van der Waals surface area contributed by atoms with Gasteiger partial charge in [0.1, 0.15) is 0 Å². The van der Waals surface area contributed by atoms with Gasteiger partial charge in [-0.2, -0.15) is 0 Å². The molecule has 68 valence electrons. The predicted octanol–water partition coefficient (Wildman–Crippen LogP) is 0.325. The topological polar surface area (TPSA) is 66.8 Å². The van der Waals surface area contributed by atoms with E-state index >= 15 is 0 Å². The molecule has 4 nitrogen and oxygen atoms in total. The second-order valence-electron chi connectivity index (χ2n) is 1.54. The Kier molecular flexibility index (Phi) is 14.9. The van der Waals surface area contributed by atoms with Gasteiger partial charge in [0, 0.05) is 12.8 Å². The van der Waals surface area contributed by atoms with Crippen molar-refractivity contribution in [3.05, 3.63) is 0 Å². The van der Waals surface area contributed by atoms with Gasteiger partial charge in [-0.3, -0.25) is 4.79 Å². The van der Waals surface area contributed by atoms with E-state index in [1.165, 1.54) is 0 Å². The molecule has 0 aromatic heterocycles. The van der Waals surface area contributed by atoms with Crippen LogP contribution in [0.25, 0.3) is 0 Å². The highest BCUT2D eigenvalue weighted by molar-refractivity contribution is 6.17. The second-order valence-corrected chi connectivity index (χ2v) is 1.92. The maximum absolute atomic E-state index is 9.00. The summed E-state index contributed by atoms with van der Waals surface area (Å²) in [6.07, 6.45) is 0. The van der Waals surface area contributed by atoms with E-state index in [-0.39, 0.29) is 6.61 Å². The smallest absolute Gasteiger partial charge is 0.300 e. The zero-order valence-electron chi connectivity index (χ0n) is 6.42. The molecule has 0 bridgehead atoms. The molecule has 0 aliphatic carbocycles. The van der Waals surface area contributed by atoms with Crippen molar-refractivity contribution >= 4 is 17.6 Å². The van der Waals surface area contributed by atoms with Crippen LogP contribution in [0.15, 0.2) is 0 Å². The Morgan fingerprint density at radius 1 is 1.55 bits per heavy atom. The van der Waals surface area contributed by atoms with Crippen LogP contribution < -0.4 is 0 Å². The molecule has 0 spiro atoms. The molecule has 0 heterocycles. The third-order valence-electron chi connectivity index (χ3n) is 0.457. The van der Waals surface area contributed by atoms with Gasteiger partial charge in [0.2, 0.25) is 0 Å². The SMILES string of the molecule is CC(=O)O.OCCOCCCl. The molecular weight excluding hydrogens is 172 g/mol. The van der Waals surface area contributed by atoms with Crippen molar-refractivity contribution in [3.63, 3.8) is 0 Å². The first-order chi connectivity index (χ1) is 5.15. The van der Waals surface area contributed by atoms with Gasteiger partial charge in [-0.25, -0.2) is 0 Å². The Morgan fingerprint density at radius 2 is 2.00 bits per heavy atom. The Labute approximate surface area is 70.7 Å². The predicted molar refractivity (Wildman–Crippen MR) is 41.9 cm³/mol. The van der Waals surface area contributed by atoms with Crippen LogP contribution in [0.2, 0.25) is 0 Å². The van der Waals surface area contributed by atoms with Crippen molar-refractivity contribution in [1.29, 1.82) is 0 Å². The molecule has 0 atom stereocenters. The van der Waals surface area contributed by atoms with Crippen molar-refractivity contribution < 1.29 is 19.7 Å². The van der Waals surface area contributed by atoms with Crippen molar-refractivity contribution in [2.75, 3.05) is 25.7 Å². The summed E-state index contributed by atoms with van der Waals surface area (Å²) in [5.74, 6) is -0.333. The zero-order valence-corrected chi connectivity index (χ0v) is 7.17. The second kappa shape index (κ2) is 12.4. The van der Waals surface area contributed by atoms with E-state index in [2.05, 4.69) is 0 Å². The van der Waals surface area contributed by atoms with E-state index in [0.717, 1.165) is 6.92 Å². The molecule has 0 radical (unpaired) electrons. The molecule has 0 unspecified atom stereocenters. The normalized spacial score (nSPS) is 8.27. The minimum Gasteiger partial charge on any atom is -0.481 e. The van der Waals surface area contributed by atoms with E-state index in [0.29, 0.717) is 19.1 Å². The lowest BCUT2D eigenvalue weighted by Crippen LogP contribution is -2.00. The van der Waals surface area contributed by atoms with Crippen molar-refractivity contribution in [1.82, 2.24) is 0 Å². The third kappa shape index (κ3) is 42.2. The fourth-order valence-corrected chi connectivity index (χ4v) is 0.330. The van der Waals surface area contributed by atoms with Crippen LogP contribution in [-0.2, 0) is 9.53 Å². The van der Waals surface area contributed by atoms with Gasteiger partial charge in [0.25, 0.3) is 5.97 Å². The number of alkyl halides is 1. The molecule has 0 aromatic rings. The third-order valence-corrected chi connectivity index (χ3v) is 0.611. The number of carbonyl (C=O) groups is 1. The number of aliphatic hydroxyl groups excluding tert-OH is 1. The molecule has 0 fully saturated rings. The molecule has 0 saturated heterocycles. The molecule has 0 aromatic carbocycles. The molecule has 11 heavy (non-hydrogen) atoms. The summed E-state index contributed by atoms with van der Waals surface area (Å²) in [5.41, 5.74) is 0. The standard InChI is InChI=1S/C4H9ClO2.C2H4O2/c5-1-3-7-4-2-6;1-2(3)4/h6H,1-4H2;1H3,(H,3,4). The molecular formula is C6H13ClO4. The molecule has 0 aliphatic heterocycles. The number of aliphatic carboxylic acids is 1. The minimum absolute atomic E-state index is 0.0802. The Hall–Kier alpha value is -0.320. The minimum atomic E-state index is -0.833. The molecule has 2 N–H and O–H groups in total. The Balaban J connectivity index is 0. The summed E-state index contributed by atoms with van der Waals surface area (Å²) in [6, 6.07) is 0. The fraction of sp³-hybridized carbons (Fsp3) is 0.833. The van der Waals surface area contributed by atoms with Gasteiger partial charge in [0.15, 0.2) is 0 Å². The van der Waals surface area contributed by atoms with E-state index in [4.69, 9.17) is 31.3 Å². The van der Waals surface area contributed by atoms with E-state index in [9.17, 15) is 0 Å². The van der Waals surface area contributed by atoms with E-state index < -0.39 is 5.97 Å². The molecule has 5 heteroatoms. The van der Waals surface area contributed by atoms with Gasteiger partial charge in [-0.15, -0.1) is 11.6 Å². The average molecular weight is 185 g/mol. The number of halogens is 1. The van der Waals surface area contributed by atoms with E-state index in [1.807, 2.05) is 0 Å². The summed E-state index contributed by atoms with van der Waals surface area (Å²) in [7, 11) is 0. The summed E-state index contributed by atoms with van der Waals surface area (Å²) in [6.45, 7) is 2.09. The molecule has 0 aliphatic rings. The monoisotopic (exact) mass is 184 g/mol. The Morgan fingerprint density at radius 3 is 2.27 bits per heavy atom. The van der Waals surface area contributed by atoms with Crippen molar-refractivity contribution in [2.45, 2.75) is 6.92 Å². The van der Waals surface area contributed by atoms with Gasteiger partial charge >= 0.3 is 0 Å². The molecule has 0 saturated carbocycles. The van der Waals surface area contributed by atoms with Gasteiger partial charge in [-0.05, 0) is 0 Å². The van der Waals surface area contributed by atoms with Gasteiger partial charge in [0.05, 0.1) is 19.8 Å². The molecule has 0 rings (SSSR count). The van der Waals surface area contributed by atoms with Gasteiger partial charge < -0.3 is 14.9 Å². The van der Waals surface area contributed by atoms with Crippen LogP contribution in [0.1, 0.15) is 6.92 Å². The number of carboxylic acid groups (broad SMARTS) is 1. The first kappa shape index (κ1) is 13.3. The van der Waals surface area contributed by atoms with Crippen molar-refractivity contribution in [2.24, 2.45) is 0 Å². The average Bonchev–Trinajstić information content (AvgIpc) is 1.88. The fourth-order valence-electron chi connectivity index (χ4n) is 0.221. The summed E-state index contributed by atoms with van der Waals surface area (Å²) in [5, 5.41) is 15.5. The van der Waals surface area contributed by atoms with Crippen LogP contribution in [0.3, 0.4) is 0 Å². The lowest BCUT2D eigenvalue weighted by atomic mass is 10.7. The number of hydrogen-bond donors (Lipinski definition) is 2. The number of aliphatic hydroxyl groups is 1. The summed E-state index contributed by atoms with van der Waals surface area (Å²) >= 11 is 5.23. The number of rotatable bonds is 4. The number of ether oxygens (including phenoxy) is 1. The van der Waals surface area contributed by atoms with Crippen LogP contribution >= 0.6 is 11.6 Å². The van der Waals surface area contributed by atoms with Crippen LogP contribution in [0.4, 0.5) is 0 Å². The number of hydrogen-bond acceptors (Lipinski definition) is 3. The largest absolute Gasteiger partial charge is 0.481 e. The summed E-state index contributed by atoms with van der Waals surface area (Å²) < 4.78 is 4.75. The highest BCUT2D eigenvalue weighted by Gasteiger charge is 1.79. The van der Waals surface area contributed by atoms with Crippen molar-refractivity contribution in [3.8, 4) is 0 Å².